The zero-order valence-corrected chi connectivity index (χ0v) is 19.9. The van der Waals surface area contributed by atoms with E-state index in [1.807, 2.05) is 54.8 Å². The number of benzene rings is 2. The lowest BCUT2D eigenvalue weighted by Gasteiger charge is -2.18. The predicted molar refractivity (Wildman–Crippen MR) is 133 cm³/mol. The highest BCUT2D eigenvalue weighted by Gasteiger charge is 2.24. The van der Waals surface area contributed by atoms with Crippen molar-refractivity contribution in [2.24, 2.45) is 11.7 Å². The Morgan fingerprint density at radius 1 is 0.968 bits per heavy atom. The molecule has 2 atom stereocenters. The maximum Gasteiger partial charge on any atom is 0.244 e. The molecule has 0 unspecified atom stereocenters. The van der Waals surface area contributed by atoms with Gasteiger partial charge >= 0.3 is 0 Å². The number of carbonyl (C=O) groups excluding carboxylic acids is 3. The third-order valence-electron chi connectivity index (χ3n) is 4.49. The maximum atomic E-state index is 12.8. The number of hydrogen-bond acceptors (Lipinski definition) is 7. The molecule has 0 fully saturated rings. The largest absolute Gasteiger partial charge is 0.319 e. The first-order valence-electron chi connectivity index (χ1n) is 9.94. The van der Waals surface area contributed by atoms with Crippen LogP contribution in [0.3, 0.4) is 0 Å². The topological polar surface area (TPSA) is 89.3 Å². The number of amides is 2. The molecule has 0 spiro atoms. The Balaban J connectivity index is 1.94. The lowest BCUT2D eigenvalue weighted by molar-refractivity contribution is -0.133. The summed E-state index contributed by atoms with van der Waals surface area (Å²) in [5, 5.41) is 3.30. The molecule has 166 valence electrons. The Bertz CT molecular complexity index is 834. The third kappa shape index (κ3) is 9.51. The highest BCUT2D eigenvalue weighted by atomic mass is 32.2. The van der Waals surface area contributed by atoms with E-state index in [0.29, 0.717) is 29.9 Å². The van der Waals surface area contributed by atoms with E-state index in [0.717, 1.165) is 10.6 Å². The summed E-state index contributed by atoms with van der Waals surface area (Å²) in [5.74, 6) is -0.266. The van der Waals surface area contributed by atoms with Crippen LogP contribution >= 0.6 is 35.3 Å². The second-order valence-corrected chi connectivity index (χ2v) is 10.2. The SMILES string of the molecule is CSCSC[C@H](N)C(=O)NC(=O)[C@H](CCSC(=O)c1ccccc1)Cc1ccccc1. The second-order valence-electron chi connectivity index (χ2n) is 6.91. The van der Waals surface area contributed by atoms with Gasteiger partial charge in [0.2, 0.25) is 16.9 Å². The van der Waals surface area contributed by atoms with Crippen molar-refractivity contribution in [2.45, 2.75) is 18.9 Å². The van der Waals surface area contributed by atoms with Crippen LogP contribution in [0.1, 0.15) is 22.3 Å². The lowest BCUT2D eigenvalue weighted by Crippen LogP contribution is -2.47. The van der Waals surface area contributed by atoms with Crippen LogP contribution in [0, 0.1) is 5.92 Å². The number of imide groups is 1. The molecule has 0 radical (unpaired) electrons. The average Bonchev–Trinajstić information content (AvgIpc) is 2.79. The van der Waals surface area contributed by atoms with Crippen molar-refractivity contribution in [1.29, 1.82) is 0 Å². The van der Waals surface area contributed by atoms with Gasteiger partial charge in [-0.25, -0.2) is 0 Å². The quantitative estimate of drug-likeness (QED) is 0.355. The van der Waals surface area contributed by atoms with Gasteiger partial charge in [-0.05, 0) is 24.7 Å². The molecule has 0 saturated heterocycles. The van der Waals surface area contributed by atoms with Gasteiger partial charge in [0, 0.05) is 28.1 Å². The Kier molecular flexibility index (Phi) is 11.8. The van der Waals surface area contributed by atoms with E-state index in [1.54, 1.807) is 35.7 Å². The average molecular weight is 477 g/mol. The molecule has 31 heavy (non-hydrogen) atoms. The summed E-state index contributed by atoms with van der Waals surface area (Å²) in [6, 6.07) is 18.0. The highest BCUT2D eigenvalue weighted by molar-refractivity contribution is 8.15. The van der Waals surface area contributed by atoms with Crippen LogP contribution in [-0.2, 0) is 16.0 Å². The van der Waals surface area contributed by atoms with E-state index < -0.39 is 17.9 Å². The van der Waals surface area contributed by atoms with Gasteiger partial charge in [0.15, 0.2) is 0 Å². The molecule has 0 aliphatic heterocycles. The maximum absolute atomic E-state index is 12.8. The monoisotopic (exact) mass is 476 g/mol. The minimum absolute atomic E-state index is 0.0246. The number of hydrogen-bond donors (Lipinski definition) is 2. The summed E-state index contributed by atoms with van der Waals surface area (Å²) in [5.41, 5.74) is 7.57. The molecular formula is C23H28N2O3S3. The number of carbonyl (C=O) groups is 3. The number of rotatable bonds is 12. The molecule has 0 aromatic heterocycles. The van der Waals surface area contributed by atoms with Gasteiger partial charge in [0.05, 0.1) is 6.04 Å². The van der Waals surface area contributed by atoms with E-state index in [-0.39, 0.29) is 11.0 Å². The minimum atomic E-state index is -0.729. The van der Waals surface area contributed by atoms with Gasteiger partial charge in [-0.15, -0.1) is 11.8 Å². The Hall–Kier alpha value is -1.74. The fraction of sp³-hybridized carbons (Fsp3) is 0.348. The fourth-order valence-corrected chi connectivity index (χ4v) is 5.17. The summed E-state index contributed by atoms with van der Waals surface area (Å²) < 4.78 is 0. The fourth-order valence-electron chi connectivity index (χ4n) is 2.83. The molecule has 5 nitrogen and oxygen atoms in total. The van der Waals surface area contributed by atoms with E-state index in [4.69, 9.17) is 5.73 Å². The molecule has 0 heterocycles. The molecule has 2 rings (SSSR count). The number of nitrogens with two attached hydrogens (primary N) is 1. The highest BCUT2D eigenvalue weighted by Crippen LogP contribution is 2.19. The standard InChI is InChI=1S/C23H28N2O3S3/c1-29-16-30-15-20(24)22(27)25-21(26)19(14-17-8-4-2-5-9-17)12-13-31-23(28)18-10-6-3-7-11-18/h2-11,19-20H,12-16,24H2,1H3,(H,25,26,27)/t19-,20+/m1/s1. The Morgan fingerprint density at radius 3 is 2.26 bits per heavy atom. The molecule has 0 aliphatic carbocycles. The van der Waals surface area contributed by atoms with Crippen LogP contribution in [0.2, 0.25) is 0 Å². The van der Waals surface area contributed by atoms with Crippen LogP contribution < -0.4 is 11.1 Å². The Labute approximate surface area is 196 Å². The van der Waals surface area contributed by atoms with Gasteiger partial charge in [0.1, 0.15) is 0 Å². The first kappa shape index (κ1) is 25.5. The smallest absolute Gasteiger partial charge is 0.244 e. The molecule has 2 amide bonds. The molecule has 3 N–H and O–H groups in total. The van der Waals surface area contributed by atoms with Gasteiger partial charge in [-0.1, -0.05) is 72.4 Å². The third-order valence-corrected chi connectivity index (χ3v) is 7.63. The predicted octanol–water partition coefficient (Wildman–Crippen LogP) is 3.83. The van der Waals surface area contributed by atoms with Crippen LogP contribution in [0.5, 0.6) is 0 Å². The first-order valence-corrected chi connectivity index (χ1v) is 13.5. The molecule has 0 bridgehead atoms. The van der Waals surface area contributed by atoms with Gasteiger partial charge in [0.25, 0.3) is 0 Å². The van der Waals surface area contributed by atoms with Gasteiger partial charge in [-0.3, -0.25) is 19.7 Å². The van der Waals surface area contributed by atoms with Gasteiger partial charge < -0.3 is 5.73 Å². The number of nitrogens with one attached hydrogen (secondary N) is 1. The van der Waals surface area contributed by atoms with E-state index in [2.05, 4.69) is 5.32 Å². The normalized spacial score (nSPS) is 12.7. The summed E-state index contributed by atoms with van der Waals surface area (Å²) in [4.78, 5) is 37.5. The summed E-state index contributed by atoms with van der Waals surface area (Å²) in [7, 11) is 0. The summed E-state index contributed by atoms with van der Waals surface area (Å²) >= 11 is 4.42. The molecule has 2 aromatic carbocycles. The van der Waals surface area contributed by atoms with E-state index in [9.17, 15) is 14.4 Å². The van der Waals surface area contributed by atoms with Crippen molar-refractivity contribution in [1.82, 2.24) is 5.32 Å². The zero-order valence-electron chi connectivity index (χ0n) is 17.5. The molecule has 8 heteroatoms. The van der Waals surface area contributed by atoms with Crippen LogP contribution in [-0.4, -0.2) is 45.8 Å². The van der Waals surface area contributed by atoms with Crippen LogP contribution in [0.15, 0.2) is 60.7 Å². The van der Waals surface area contributed by atoms with Crippen molar-refractivity contribution in [3.8, 4) is 0 Å². The van der Waals surface area contributed by atoms with E-state index >= 15 is 0 Å². The van der Waals surface area contributed by atoms with Crippen molar-refractivity contribution < 1.29 is 14.4 Å². The Morgan fingerprint density at radius 2 is 1.61 bits per heavy atom. The number of thioether (sulfide) groups is 3. The van der Waals surface area contributed by atoms with Crippen molar-refractivity contribution >= 4 is 52.2 Å². The summed E-state index contributed by atoms with van der Waals surface area (Å²) in [6.07, 6.45) is 2.96. The second kappa shape index (κ2) is 14.3. The van der Waals surface area contributed by atoms with Crippen molar-refractivity contribution in [3.63, 3.8) is 0 Å². The van der Waals surface area contributed by atoms with E-state index in [1.165, 1.54) is 11.8 Å². The first-order chi connectivity index (χ1) is 15.0. The molecule has 0 saturated carbocycles. The lowest BCUT2D eigenvalue weighted by atomic mass is 9.96. The molecule has 2 aromatic rings. The van der Waals surface area contributed by atoms with Crippen molar-refractivity contribution in [3.05, 3.63) is 71.8 Å². The molecular weight excluding hydrogens is 448 g/mol. The molecule has 0 aliphatic rings. The van der Waals surface area contributed by atoms with Crippen LogP contribution in [0.25, 0.3) is 0 Å². The minimum Gasteiger partial charge on any atom is -0.319 e. The zero-order chi connectivity index (χ0) is 22.5. The summed E-state index contributed by atoms with van der Waals surface area (Å²) in [6.45, 7) is 0. The van der Waals surface area contributed by atoms with Crippen LogP contribution in [0.4, 0.5) is 0 Å². The van der Waals surface area contributed by atoms with Crippen molar-refractivity contribution in [2.75, 3.05) is 22.8 Å². The van der Waals surface area contributed by atoms with Gasteiger partial charge in [-0.2, -0.15) is 11.8 Å².